The molecule has 2 rings (SSSR count). The van der Waals surface area contributed by atoms with Crippen LogP contribution in [-0.4, -0.2) is 33.3 Å². The van der Waals surface area contributed by atoms with Crippen LogP contribution in [-0.2, 0) is 12.1 Å². The molecule has 6 nitrogen and oxygen atoms in total. The second-order valence-electron chi connectivity index (χ2n) is 5.15. The minimum atomic E-state index is -0.985. The molecule has 21 heavy (non-hydrogen) atoms. The molecule has 0 saturated heterocycles. The molecule has 0 saturated carbocycles. The molecule has 6 heteroatoms. The Hall–Kier alpha value is -2.08. The molecule has 1 heterocycles. The Balaban J connectivity index is 1.91. The minimum absolute atomic E-state index is 0.443. The third-order valence-corrected chi connectivity index (χ3v) is 2.89. The van der Waals surface area contributed by atoms with E-state index in [1.165, 1.54) is 0 Å². The van der Waals surface area contributed by atoms with Gasteiger partial charge in [0, 0.05) is 0 Å². The maximum Gasteiger partial charge on any atom is 0.161 e. The Morgan fingerprint density at radius 1 is 1.19 bits per heavy atom. The highest BCUT2D eigenvalue weighted by atomic mass is 16.5. The van der Waals surface area contributed by atoms with Crippen molar-refractivity contribution in [2.75, 3.05) is 13.2 Å². The van der Waals surface area contributed by atoms with E-state index in [9.17, 15) is 5.11 Å². The van der Waals surface area contributed by atoms with Crippen molar-refractivity contribution in [1.82, 2.24) is 15.0 Å². The molecule has 0 aliphatic rings. The standard InChI is InChI=1S/C15H21N3O3/c1-4-20-12-7-5-6-8-13(12)21-10-9-18-11-14(16-17-18)15(2,3)19/h5-8,11,19H,4,9-10H2,1-3H3. The Kier molecular flexibility index (Phi) is 4.80. The Labute approximate surface area is 124 Å². The van der Waals surface area contributed by atoms with Crippen molar-refractivity contribution in [3.8, 4) is 11.5 Å². The maximum atomic E-state index is 9.84. The highest BCUT2D eigenvalue weighted by Crippen LogP contribution is 2.26. The molecule has 0 bridgehead atoms. The van der Waals surface area contributed by atoms with Crippen LogP contribution in [0.15, 0.2) is 30.5 Å². The second-order valence-corrected chi connectivity index (χ2v) is 5.15. The number of aliphatic hydroxyl groups is 1. The number of para-hydroxylation sites is 2. The summed E-state index contributed by atoms with van der Waals surface area (Å²) in [6, 6.07) is 7.56. The summed E-state index contributed by atoms with van der Waals surface area (Å²) in [5.74, 6) is 1.44. The van der Waals surface area contributed by atoms with E-state index < -0.39 is 5.60 Å². The summed E-state index contributed by atoms with van der Waals surface area (Å²) in [6.07, 6.45) is 1.72. The van der Waals surface area contributed by atoms with Crippen molar-refractivity contribution >= 4 is 0 Å². The van der Waals surface area contributed by atoms with E-state index in [1.807, 2.05) is 31.2 Å². The summed E-state index contributed by atoms with van der Waals surface area (Å²) in [5, 5.41) is 17.7. The first kappa shape index (κ1) is 15.3. The molecule has 0 aliphatic heterocycles. The molecule has 0 spiro atoms. The molecule has 0 amide bonds. The van der Waals surface area contributed by atoms with Crippen molar-refractivity contribution in [2.24, 2.45) is 0 Å². The van der Waals surface area contributed by atoms with Gasteiger partial charge in [0.15, 0.2) is 11.5 Å². The highest BCUT2D eigenvalue weighted by molar-refractivity contribution is 5.39. The van der Waals surface area contributed by atoms with Crippen molar-refractivity contribution in [3.05, 3.63) is 36.2 Å². The zero-order valence-electron chi connectivity index (χ0n) is 12.6. The van der Waals surface area contributed by atoms with Crippen LogP contribution in [0.2, 0.25) is 0 Å². The number of hydrogen-bond donors (Lipinski definition) is 1. The molecule has 114 valence electrons. The summed E-state index contributed by atoms with van der Waals surface area (Å²) < 4.78 is 12.9. The summed E-state index contributed by atoms with van der Waals surface area (Å²) in [4.78, 5) is 0. The normalized spacial score (nSPS) is 11.4. The Bertz CT molecular complexity index is 576. The molecular weight excluding hydrogens is 270 g/mol. The Morgan fingerprint density at radius 3 is 2.43 bits per heavy atom. The topological polar surface area (TPSA) is 69.4 Å². The summed E-state index contributed by atoms with van der Waals surface area (Å²) in [6.45, 7) is 6.87. The summed E-state index contributed by atoms with van der Waals surface area (Å²) in [7, 11) is 0. The van der Waals surface area contributed by atoms with Gasteiger partial charge in [0.05, 0.1) is 19.3 Å². The summed E-state index contributed by atoms with van der Waals surface area (Å²) in [5.41, 5.74) is -0.446. The minimum Gasteiger partial charge on any atom is -0.490 e. The highest BCUT2D eigenvalue weighted by Gasteiger charge is 2.19. The third-order valence-electron chi connectivity index (χ3n) is 2.89. The molecule has 0 aliphatic carbocycles. The second kappa shape index (κ2) is 6.58. The first-order valence-electron chi connectivity index (χ1n) is 6.98. The van der Waals surface area contributed by atoms with Crippen LogP contribution in [0.4, 0.5) is 0 Å². The molecule has 0 fully saturated rings. The SMILES string of the molecule is CCOc1ccccc1OCCn1cc(C(C)(C)O)nn1. The first-order chi connectivity index (χ1) is 10.0. The molecule has 0 unspecified atom stereocenters. The molecule has 2 aromatic rings. The maximum absolute atomic E-state index is 9.84. The quantitative estimate of drug-likeness (QED) is 0.844. The van der Waals surface area contributed by atoms with Crippen molar-refractivity contribution < 1.29 is 14.6 Å². The van der Waals surface area contributed by atoms with Crippen LogP contribution in [0.3, 0.4) is 0 Å². The van der Waals surface area contributed by atoms with Crippen molar-refractivity contribution in [2.45, 2.75) is 32.9 Å². The van der Waals surface area contributed by atoms with Crippen LogP contribution < -0.4 is 9.47 Å². The number of benzene rings is 1. The van der Waals surface area contributed by atoms with Crippen LogP contribution in [0.25, 0.3) is 0 Å². The lowest BCUT2D eigenvalue weighted by Gasteiger charge is -2.12. The number of nitrogens with zero attached hydrogens (tertiary/aromatic N) is 3. The number of rotatable bonds is 7. The molecule has 0 radical (unpaired) electrons. The van der Waals surface area contributed by atoms with E-state index >= 15 is 0 Å². The lowest BCUT2D eigenvalue weighted by atomic mass is 10.1. The van der Waals surface area contributed by atoms with Gasteiger partial charge in [-0.3, -0.25) is 0 Å². The van der Waals surface area contributed by atoms with E-state index in [-0.39, 0.29) is 0 Å². The average molecular weight is 291 g/mol. The van der Waals surface area contributed by atoms with Gasteiger partial charge in [-0.05, 0) is 32.9 Å². The van der Waals surface area contributed by atoms with Gasteiger partial charge in [-0.15, -0.1) is 5.10 Å². The van der Waals surface area contributed by atoms with Crippen LogP contribution >= 0.6 is 0 Å². The molecule has 1 N–H and O–H groups in total. The van der Waals surface area contributed by atoms with Gasteiger partial charge < -0.3 is 14.6 Å². The number of aromatic nitrogens is 3. The van der Waals surface area contributed by atoms with Gasteiger partial charge in [0.2, 0.25) is 0 Å². The van der Waals surface area contributed by atoms with Gasteiger partial charge in [-0.25, -0.2) is 4.68 Å². The monoisotopic (exact) mass is 291 g/mol. The zero-order valence-corrected chi connectivity index (χ0v) is 12.6. The van der Waals surface area contributed by atoms with Gasteiger partial charge in [-0.1, -0.05) is 17.3 Å². The van der Waals surface area contributed by atoms with Crippen molar-refractivity contribution in [1.29, 1.82) is 0 Å². The average Bonchev–Trinajstić information content (AvgIpc) is 2.90. The number of ether oxygens (including phenoxy) is 2. The van der Waals surface area contributed by atoms with E-state index in [0.29, 0.717) is 31.2 Å². The lowest BCUT2D eigenvalue weighted by molar-refractivity contribution is 0.0737. The van der Waals surface area contributed by atoms with E-state index in [1.54, 1.807) is 24.7 Å². The fraction of sp³-hybridized carbons (Fsp3) is 0.467. The molecule has 1 aromatic heterocycles. The van der Waals surface area contributed by atoms with Gasteiger partial charge >= 0.3 is 0 Å². The van der Waals surface area contributed by atoms with E-state index in [0.717, 1.165) is 5.75 Å². The predicted octanol–water partition coefficient (Wildman–Crippen LogP) is 1.98. The zero-order chi connectivity index (χ0) is 15.3. The molecule has 1 aromatic carbocycles. The van der Waals surface area contributed by atoms with Gasteiger partial charge in [-0.2, -0.15) is 0 Å². The van der Waals surface area contributed by atoms with Crippen LogP contribution in [0.1, 0.15) is 26.5 Å². The first-order valence-corrected chi connectivity index (χ1v) is 6.98. The van der Waals surface area contributed by atoms with E-state index in [4.69, 9.17) is 9.47 Å². The Morgan fingerprint density at radius 2 is 1.86 bits per heavy atom. The fourth-order valence-corrected chi connectivity index (χ4v) is 1.78. The molecular formula is C15H21N3O3. The van der Waals surface area contributed by atoms with Gasteiger partial charge in [0.1, 0.15) is 17.9 Å². The van der Waals surface area contributed by atoms with Crippen LogP contribution in [0.5, 0.6) is 11.5 Å². The third kappa shape index (κ3) is 4.19. The summed E-state index contributed by atoms with van der Waals surface area (Å²) >= 11 is 0. The van der Waals surface area contributed by atoms with Crippen molar-refractivity contribution in [3.63, 3.8) is 0 Å². The fourth-order valence-electron chi connectivity index (χ4n) is 1.78. The predicted molar refractivity (Wildman–Crippen MR) is 78.4 cm³/mol. The largest absolute Gasteiger partial charge is 0.490 e. The van der Waals surface area contributed by atoms with Crippen LogP contribution in [0, 0.1) is 0 Å². The van der Waals surface area contributed by atoms with E-state index in [2.05, 4.69) is 10.3 Å². The number of hydrogen-bond acceptors (Lipinski definition) is 5. The molecule has 0 atom stereocenters. The lowest BCUT2D eigenvalue weighted by Crippen LogP contribution is -2.16. The smallest absolute Gasteiger partial charge is 0.161 e. The van der Waals surface area contributed by atoms with Gasteiger partial charge in [0.25, 0.3) is 0 Å².